The molecule has 1 aromatic rings. The Kier molecular flexibility index (Phi) is 3.51. The SMILES string of the molecule is c1ccc(CC2CN(C3CC4CCC3O4)CCN2)cc1. The summed E-state index contributed by atoms with van der Waals surface area (Å²) in [6.45, 7) is 3.47. The molecule has 3 heterocycles. The fraction of sp³-hybridized carbons (Fsp3) is 0.647. The minimum absolute atomic E-state index is 0.524. The fourth-order valence-corrected chi connectivity index (χ4v) is 4.18. The van der Waals surface area contributed by atoms with Crippen molar-refractivity contribution in [2.75, 3.05) is 19.6 Å². The molecule has 0 saturated carbocycles. The summed E-state index contributed by atoms with van der Waals surface area (Å²) in [7, 11) is 0. The maximum absolute atomic E-state index is 6.03. The van der Waals surface area contributed by atoms with Gasteiger partial charge < -0.3 is 10.1 Å². The predicted octanol–water partition coefficient (Wildman–Crippen LogP) is 1.82. The summed E-state index contributed by atoms with van der Waals surface area (Å²) in [4.78, 5) is 2.69. The number of hydrogen-bond acceptors (Lipinski definition) is 3. The zero-order chi connectivity index (χ0) is 13.4. The van der Waals surface area contributed by atoms with Gasteiger partial charge in [0.15, 0.2) is 0 Å². The maximum atomic E-state index is 6.03. The van der Waals surface area contributed by atoms with E-state index >= 15 is 0 Å². The van der Waals surface area contributed by atoms with Gasteiger partial charge in [-0.2, -0.15) is 0 Å². The molecule has 108 valence electrons. The standard InChI is InChI=1S/C17H24N2O/c1-2-4-13(5-3-1)10-14-12-19(9-8-18-14)16-11-15-6-7-17(16)20-15/h1-5,14-18H,6-12H2. The molecule has 0 aromatic heterocycles. The maximum Gasteiger partial charge on any atom is 0.0735 e. The van der Waals surface area contributed by atoms with Crippen molar-refractivity contribution in [3.63, 3.8) is 0 Å². The molecule has 3 nitrogen and oxygen atoms in total. The van der Waals surface area contributed by atoms with Gasteiger partial charge in [-0.3, -0.25) is 4.90 Å². The highest BCUT2D eigenvalue weighted by molar-refractivity contribution is 5.16. The Morgan fingerprint density at radius 2 is 2.10 bits per heavy atom. The molecule has 20 heavy (non-hydrogen) atoms. The number of fused-ring (bicyclic) bond motifs is 2. The molecule has 3 aliphatic rings. The van der Waals surface area contributed by atoms with E-state index in [-0.39, 0.29) is 0 Å². The summed E-state index contributed by atoms with van der Waals surface area (Å²) in [5.74, 6) is 0. The summed E-state index contributed by atoms with van der Waals surface area (Å²) in [5, 5.41) is 3.68. The first-order chi connectivity index (χ1) is 9.88. The van der Waals surface area contributed by atoms with Gasteiger partial charge in [0.1, 0.15) is 0 Å². The third kappa shape index (κ3) is 2.50. The molecular formula is C17H24N2O. The van der Waals surface area contributed by atoms with Gasteiger partial charge >= 0.3 is 0 Å². The van der Waals surface area contributed by atoms with Crippen molar-refractivity contribution in [2.45, 2.75) is 50.0 Å². The quantitative estimate of drug-likeness (QED) is 0.908. The van der Waals surface area contributed by atoms with Crippen LogP contribution in [-0.2, 0) is 11.2 Å². The Balaban J connectivity index is 1.38. The molecule has 2 bridgehead atoms. The number of nitrogens with zero attached hydrogens (tertiary/aromatic N) is 1. The predicted molar refractivity (Wildman–Crippen MR) is 79.8 cm³/mol. The van der Waals surface area contributed by atoms with Crippen LogP contribution in [0.2, 0.25) is 0 Å². The van der Waals surface area contributed by atoms with Gasteiger partial charge in [0.05, 0.1) is 12.2 Å². The molecular weight excluding hydrogens is 248 g/mol. The van der Waals surface area contributed by atoms with Crippen molar-refractivity contribution < 1.29 is 4.74 Å². The Morgan fingerprint density at radius 3 is 2.85 bits per heavy atom. The lowest BCUT2D eigenvalue weighted by molar-refractivity contribution is 0.0584. The van der Waals surface area contributed by atoms with Crippen molar-refractivity contribution in [1.29, 1.82) is 0 Å². The molecule has 3 saturated heterocycles. The number of piperazine rings is 1. The second-order valence-corrected chi connectivity index (χ2v) is 6.51. The molecule has 3 aliphatic heterocycles. The number of ether oxygens (including phenoxy) is 1. The van der Waals surface area contributed by atoms with Gasteiger partial charge in [0.25, 0.3) is 0 Å². The molecule has 0 radical (unpaired) electrons. The normalized spacial score (nSPS) is 37.4. The second kappa shape index (κ2) is 5.47. The number of rotatable bonds is 3. The lowest BCUT2D eigenvalue weighted by Crippen LogP contribution is -2.56. The van der Waals surface area contributed by atoms with E-state index in [2.05, 4.69) is 40.5 Å². The smallest absolute Gasteiger partial charge is 0.0735 e. The van der Waals surface area contributed by atoms with E-state index in [1.54, 1.807) is 0 Å². The van der Waals surface area contributed by atoms with Crippen LogP contribution in [-0.4, -0.2) is 48.8 Å². The van der Waals surface area contributed by atoms with Crippen molar-refractivity contribution >= 4 is 0 Å². The highest BCUT2D eigenvalue weighted by Crippen LogP contribution is 2.37. The van der Waals surface area contributed by atoms with Crippen LogP contribution in [0.1, 0.15) is 24.8 Å². The third-order valence-corrected chi connectivity index (χ3v) is 5.15. The number of hydrogen-bond donors (Lipinski definition) is 1. The van der Waals surface area contributed by atoms with E-state index in [1.807, 2.05) is 0 Å². The zero-order valence-electron chi connectivity index (χ0n) is 12.0. The van der Waals surface area contributed by atoms with E-state index in [4.69, 9.17) is 4.74 Å². The van der Waals surface area contributed by atoms with Crippen LogP contribution < -0.4 is 5.32 Å². The van der Waals surface area contributed by atoms with E-state index < -0.39 is 0 Å². The Hall–Kier alpha value is -0.900. The summed E-state index contributed by atoms with van der Waals surface area (Å²) < 4.78 is 6.03. The largest absolute Gasteiger partial charge is 0.373 e. The van der Waals surface area contributed by atoms with Gasteiger partial charge in [0.2, 0.25) is 0 Å². The first-order valence-corrected chi connectivity index (χ1v) is 8.05. The highest BCUT2D eigenvalue weighted by Gasteiger charge is 2.44. The van der Waals surface area contributed by atoms with Crippen molar-refractivity contribution in [1.82, 2.24) is 10.2 Å². The molecule has 4 unspecified atom stereocenters. The lowest BCUT2D eigenvalue weighted by Gasteiger charge is -2.39. The van der Waals surface area contributed by atoms with Crippen LogP contribution in [0.5, 0.6) is 0 Å². The minimum Gasteiger partial charge on any atom is -0.373 e. The molecule has 0 spiro atoms. The van der Waals surface area contributed by atoms with Crippen molar-refractivity contribution in [3.05, 3.63) is 35.9 Å². The lowest BCUT2D eigenvalue weighted by atomic mass is 9.92. The fourth-order valence-electron chi connectivity index (χ4n) is 4.18. The average Bonchev–Trinajstić information content (AvgIpc) is 3.11. The second-order valence-electron chi connectivity index (χ2n) is 6.51. The average molecular weight is 272 g/mol. The van der Waals surface area contributed by atoms with E-state index in [0.29, 0.717) is 24.3 Å². The van der Waals surface area contributed by atoms with E-state index in [1.165, 1.54) is 37.9 Å². The molecule has 0 amide bonds. The van der Waals surface area contributed by atoms with Gasteiger partial charge in [-0.25, -0.2) is 0 Å². The minimum atomic E-state index is 0.524. The summed E-state index contributed by atoms with van der Waals surface area (Å²) in [6.07, 6.45) is 6.06. The van der Waals surface area contributed by atoms with E-state index in [0.717, 1.165) is 13.0 Å². The third-order valence-electron chi connectivity index (χ3n) is 5.15. The van der Waals surface area contributed by atoms with Gasteiger partial charge in [-0.1, -0.05) is 30.3 Å². The topological polar surface area (TPSA) is 24.5 Å². The van der Waals surface area contributed by atoms with Crippen LogP contribution in [0.3, 0.4) is 0 Å². The van der Waals surface area contributed by atoms with Crippen LogP contribution in [0.4, 0.5) is 0 Å². The molecule has 4 atom stereocenters. The van der Waals surface area contributed by atoms with Gasteiger partial charge in [-0.15, -0.1) is 0 Å². The summed E-state index contributed by atoms with van der Waals surface area (Å²) in [6, 6.07) is 12.1. The van der Waals surface area contributed by atoms with Crippen molar-refractivity contribution in [2.24, 2.45) is 0 Å². The zero-order valence-corrected chi connectivity index (χ0v) is 12.0. The molecule has 1 aromatic carbocycles. The van der Waals surface area contributed by atoms with Crippen LogP contribution >= 0.6 is 0 Å². The van der Waals surface area contributed by atoms with Gasteiger partial charge in [0, 0.05) is 31.7 Å². The van der Waals surface area contributed by atoms with Crippen LogP contribution in [0.15, 0.2) is 30.3 Å². The summed E-state index contributed by atoms with van der Waals surface area (Å²) in [5.41, 5.74) is 1.44. The first-order valence-electron chi connectivity index (χ1n) is 8.05. The molecule has 1 N–H and O–H groups in total. The van der Waals surface area contributed by atoms with E-state index in [9.17, 15) is 0 Å². The Bertz CT molecular complexity index is 450. The first kappa shape index (κ1) is 12.8. The summed E-state index contributed by atoms with van der Waals surface area (Å²) >= 11 is 0. The number of benzene rings is 1. The number of nitrogens with one attached hydrogen (secondary N) is 1. The van der Waals surface area contributed by atoms with Crippen LogP contribution in [0, 0.1) is 0 Å². The Labute approximate surface area is 121 Å². The molecule has 3 heteroatoms. The van der Waals surface area contributed by atoms with Gasteiger partial charge in [-0.05, 0) is 31.2 Å². The highest BCUT2D eigenvalue weighted by atomic mass is 16.5. The monoisotopic (exact) mass is 272 g/mol. The molecule has 0 aliphatic carbocycles. The Morgan fingerprint density at radius 1 is 1.20 bits per heavy atom. The van der Waals surface area contributed by atoms with Crippen LogP contribution in [0.25, 0.3) is 0 Å². The van der Waals surface area contributed by atoms with Crippen molar-refractivity contribution in [3.8, 4) is 0 Å². The molecule has 4 rings (SSSR count). The molecule has 3 fully saturated rings.